The van der Waals surface area contributed by atoms with Crippen molar-refractivity contribution in [1.29, 1.82) is 0 Å². The number of ketones is 1. The Bertz CT molecular complexity index is 1610. The smallest absolute Gasteiger partial charge is 0.323 e. The van der Waals surface area contributed by atoms with Crippen LogP contribution in [-0.2, 0) is 4.79 Å². The molecular formula is C35H36N4O5S. The molecule has 45 heavy (non-hydrogen) atoms. The average molecular weight is 625 g/mol. The van der Waals surface area contributed by atoms with Crippen molar-refractivity contribution < 1.29 is 23.9 Å². The monoisotopic (exact) mass is 624 g/mol. The van der Waals surface area contributed by atoms with Gasteiger partial charge in [0.1, 0.15) is 17.5 Å². The highest BCUT2D eigenvalue weighted by atomic mass is 32.1. The number of nitrogens with zero attached hydrogens (tertiary/aromatic N) is 2. The lowest BCUT2D eigenvalue weighted by Crippen LogP contribution is -2.55. The van der Waals surface area contributed by atoms with Crippen LogP contribution in [0.25, 0.3) is 0 Å². The minimum Gasteiger partial charge on any atom is -0.497 e. The first-order valence-electron chi connectivity index (χ1n) is 15.0. The van der Waals surface area contributed by atoms with E-state index in [1.807, 2.05) is 77.0 Å². The number of anilines is 1. The van der Waals surface area contributed by atoms with Crippen LogP contribution in [-0.4, -0.2) is 74.0 Å². The standard InChI is InChI=1S/C35H36N4O5S/c1-43-26-14-10-23(11-15-26)29-30(33(40)24-12-16-27(44-2)17-13-24)31(28-9-6-22-45-28)39(35(42)37-25-7-4-3-5-8-25)32(29)34(41)38-20-18-36-19-21-38/h3-17,22,29-32,36H,18-21H2,1-2H3,(H,37,42). The van der Waals surface area contributed by atoms with Crippen molar-refractivity contribution in [2.75, 3.05) is 45.7 Å². The number of nitrogens with one attached hydrogen (secondary N) is 2. The van der Waals surface area contributed by atoms with Crippen LogP contribution in [0.3, 0.4) is 0 Å². The summed E-state index contributed by atoms with van der Waals surface area (Å²) in [5.41, 5.74) is 1.87. The third-order valence-corrected chi connectivity index (χ3v) is 9.56. The molecule has 2 saturated heterocycles. The van der Waals surface area contributed by atoms with E-state index in [4.69, 9.17) is 9.47 Å². The Morgan fingerprint density at radius 1 is 0.822 bits per heavy atom. The van der Waals surface area contributed by atoms with Crippen LogP contribution in [0.2, 0.25) is 0 Å². The second-order valence-corrected chi connectivity index (χ2v) is 12.1. The van der Waals surface area contributed by atoms with Gasteiger partial charge in [-0.3, -0.25) is 9.59 Å². The molecule has 3 amide bonds. The average Bonchev–Trinajstić information content (AvgIpc) is 3.75. The van der Waals surface area contributed by atoms with Crippen LogP contribution >= 0.6 is 11.3 Å². The number of benzene rings is 3. The molecule has 0 saturated carbocycles. The van der Waals surface area contributed by atoms with Gasteiger partial charge in [-0.05, 0) is 65.5 Å². The predicted octanol–water partition coefficient (Wildman–Crippen LogP) is 5.44. The normalized spacial score (nSPS) is 21.3. The molecule has 4 aromatic rings. The number of rotatable bonds is 8. The van der Waals surface area contributed by atoms with Gasteiger partial charge in [-0.1, -0.05) is 36.4 Å². The Balaban J connectivity index is 1.54. The van der Waals surface area contributed by atoms with Gasteiger partial charge in [0, 0.05) is 48.2 Å². The molecule has 1 aromatic heterocycles. The molecule has 2 aliphatic rings. The van der Waals surface area contributed by atoms with Crippen LogP contribution in [0.4, 0.5) is 10.5 Å². The number of para-hydroxylation sites is 1. The molecule has 232 valence electrons. The molecule has 2 aliphatic heterocycles. The number of likely N-dealkylation sites (tertiary alicyclic amines) is 1. The van der Waals surface area contributed by atoms with Crippen molar-refractivity contribution >= 4 is 34.7 Å². The largest absolute Gasteiger partial charge is 0.497 e. The van der Waals surface area contributed by atoms with Gasteiger partial charge in [-0.15, -0.1) is 11.3 Å². The molecule has 9 nitrogen and oxygen atoms in total. The van der Waals surface area contributed by atoms with Gasteiger partial charge in [0.15, 0.2) is 5.78 Å². The number of piperazine rings is 1. The topological polar surface area (TPSA) is 100 Å². The molecule has 10 heteroatoms. The van der Waals surface area contributed by atoms with Crippen molar-refractivity contribution in [2.45, 2.75) is 18.0 Å². The lowest BCUT2D eigenvalue weighted by atomic mass is 9.77. The van der Waals surface area contributed by atoms with E-state index in [2.05, 4.69) is 10.6 Å². The van der Waals surface area contributed by atoms with Gasteiger partial charge in [-0.2, -0.15) is 0 Å². The molecular weight excluding hydrogens is 588 g/mol. The van der Waals surface area contributed by atoms with Crippen molar-refractivity contribution in [3.8, 4) is 11.5 Å². The second kappa shape index (κ2) is 13.5. The summed E-state index contributed by atoms with van der Waals surface area (Å²) >= 11 is 1.47. The first kappa shape index (κ1) is 30.4. The molecule has 2 N–H and O–H groups in total. The van der Waals surface area contributed by atoms with Gasteiger partial charge in [-0.25, -0.2) is 4.79 Å². The highest BCUT2D eigenvalue weighted by molar-refractivity contribution is 7.10. The molecule has 4 atom stereocenters. The number of thiophene rings is 1. The quantitative estimate of drug-likeness (QED) is 0.254. The SMILES string of the molecule is COc1ccc(C(=O)C2C(c3ccc(OC)cc3)C(C(=O)N3CCNCC3)N(C(=O)Nc3ccccc3)C2c2cccs2)cc1. The molecule has 2 fully saturated rings. The summed E-state index contributed by atoms with van der Waals surface area (Å²) in [5, 5.41) is 8.27. The van der Waals surface area contributed by atoms with Crippen LogP contribution < -0.4 is 20.1 Å². The van der Waals surface area contributed by atoms with E-state index >= 15 is 0 Å². The summed E-state index contributed by atoms with van der Waals surface area (Å²) in [7, 11) is 3.18. The Kier molecular flexibility index (Phi) is 9.13. The number of amides is 3. The maximum atomic E-state index is 14.8. The van der Waals surface area contributed by atoms with Gasteiger partial charge in [0.2, 0.25) is 5.91 Å². The molecule has 0 bridgehead atoms. The highest BCUT2D eigenvalue weighted by Gasteiger charge is 2.58. The Morgan fingerprint density at radius 3 is 2.07 bits per heavy atom. The summed E-state index contributed by atoms with van der Waals surface area (Å²) in [5.74, 6) is -0.425. The zero-order valence-electron chi connectivity index (χ0n) is 25.2. The van der Waals surface area contributed by atoms with Gasteiger partial charge in [0.25, 0.3) is 0 Å². The van der Waals surface area contributed by atoms with Gasteiger partial charge in [0.05, 0.1) is 26.2 Å². The lowest BCUT2D eigenvalue weighted by molar-refractivity contribution is -0.136. The minimum atomic E-state index is -0.945. The fourth-order valence-corrected chi connectivity index (χ4v) is 7.33. The van der Waals surface area contributed by atoms with Crippen molar-refractivity contribution in [3.63, 3.8) is 0 Å². The van der Waals surface area contributed by atoms with Crippen molar-refractivity contribution in [2.24, 2.45) is 5.92 Å². The van der Waals surface area contributed by atoms with E-state index < -0.39 is 30.0 Å². The second-order valence-electron chi connectivity index (χ2n) is 11.1. The zero-order chi connectivity index (χ0) is 31.3. The first-order valence-corrected chi connectivity index (χ1v) is 15.9. The Labute approximate surface area is 266 Å². The number of ether oxygens (including phenoxy) is 2. The van der Waals surface area contributed by atoms with Gasteiger partial charge >= 0.3 is 6.03 Å². The number of Topliss-reactive ketones (excluding diaryl/α,β-unsaturated/α-hetero) is 1. The molecule has 3 aromatic carbocycles. The predicted molar refractivity (Wildman–Crippen MR) is 174 cm³/mol. The highest BCUT2D eigenvalue weighted by Crippen LogP contribution is 2.53. The summed E-state index contributed by atoms with van der Waals surface area (Å²) in [4.78, 5) is 48.2. The Hall–Kier alpha value is -4.67. The third kappa shape index (κ3) is 6.16. The minimum absolute atomic E-state index is 0.148. The summed E-state index contributed by atoms with van der Waals surface area (Å²) in [6.07, 6.45) is 0. The van der Waals surface area contributed by atoms with Gasteiger partial charge < -0.3 is 29.9 Å². The van der Waals surface area contributed by atoms with E-state index in [1.54, 1.807) is 43.4 Å². The number of methoxy groups -OCH3 is 2. The molecule has 0 radical (unpaired) electrons. The van der Waals surface area contributed by atoms with E-state index in [0.29, 0.717) is 48.9 Å². The molecule has 3 heterocycles. The number of hydrogen-bond acceptors (Lipinski definition) is 7. The maximum absolute atomic E-state index is 14.8. The fourth-order valence-electron chi connectivity index (χ4n) is 6.46. The van der Waals surface area contributed by atoms with E-state index in [-0.39, 0.29) is 11.7 Å². The Morgan fingerprint density at radius 2 is 1.47 bits per heavy atom. The summed E-state index contributed by atoms with van der Waals surface area (Å²) in [6, 6.07) is 25.4. The van der Waals surface area contributed by atoms with Crippen molar-refractivity contribution in [3.05, 3.63) is 112 Å². The summed E-state index contributed by atoms with van der Waals surface area (Å²) in [6.45, 7) is 2.34. The van der Waals surface area contributed by atoms with E-state index in [9.17, 15) is 14.4 Å². The molecule has 0 aliphatic carbocycles. The third-order valence-electron chi connectivity index (χ3n) is 8.62. The maximum Gasteiger partial charge on any atom is 0.323 e. The zero-order valence-corrected chi connectivity index (χ0v) is 26.0. The van der Waals surface area contributed by atoms with Crippen molar-refractivity contribution in [1.82, 2.24) is 15.1 Å². The molecule has 0 spiro atoms. The van der Waals surface area contributed by atoms with Crippen LogP contribution in [0.1, 0.15) is 32.8 Å². The molecule has 4 unspecified atom stereocenters. The lowest BCUT2D eigenvalue weighted by Gasteiger charge is -2.36. The number of urea groups is 1. The first-order chi connectivity index (χ1) is 22.0. The summed E-state index contributed by atoms with van der Waals surface area (Å²) < 4.78 is 10.8. The van der Waals surface area contributed by atoms with E-state index in [0.717, 1.165) is 10.4 Å². The number of carbonyl (C=O) groups is 3. The number of hydrogen-bond donors (Lipinski definition) is 2. The molecule has 6 rings (SSSR count). The van der Waals surface area contributed by atoms with E-state index in [1.165, 1.54) is 11.3 Å². The van der Waals surface area contributed by atoms with Crippen LogP contribution in [0, 0.1) is 5.92 Å². The number of carbonyl (C=O) groups excluding carboxylic acids is 3. The fraction of sp³-hybridized carbons (Fsp3) is 0.286. The van der Waals surface area contributed by atoms with Crippen LogP contribution in [0.5, 0.6) is 11.5 Å². The van der Waals surface area contributed by atoms with Crippen LogP contribution in [0.15, 0.2) is 96.4 Å².